The van der Waals surface area contributed by atoms with Gasteiger partial charge in [0.05, 0.1) is 4.90 Å². The van der Waals surface area contributed by atoms with Crippen LogP contribution in [-0.2, 0) is 10.0 Å². The van der Waals surface area contributed by atoms with Gasteiger partial charge in [-0.3, -0.25) is 9.52 Å². The minimum absolute atomic E-state index is 0.0942. The summed E-state index contributed by atoms with van der Waals surface area (Å²) in [7, 11) is -3.73. The zero-order valence-electron chi connectivity index (χ0n) is 15.7. The highest BCUT2D eigenvalue weighted by Crippen LogP contribution is 2.20. The summed E-state index contributed by atoms with van der Waals surface area (Å²) in [5, 5.41) is 2.77. The van der Waals surface area contributed by atoms with Gasteiger partial charge >= 0.3 is 0 Å². The zero-order chi connectivity index (χ0) is 20.1. The van der Waals surface area contributed by atoms with Crippen molar-refractivity contribution in [3.05, 3.63) is 90.0 Å². The molecule has 0 aliphatic rings. The number of benzene rings is 3. The van der Waals surface area contributed by atoms with Crippen molar-refractivity contribution in [3.63, 3.8) is 0 Å². The molecule has 0 radical (unpaired) electrons. The SMILES string of the molecule is CC(C)c1ccc(NS(=O)(=O)c2ccc(C(=O)Nc3ccccc3)cc2)cc1. The number of rotatable bonds is 6. The lowest BCUT2D eigenvalue weighted by Gasteiger charge is -2.11. The molecule has 144 valence electrons. The van der Waals surface area contributed by atoms with Crippen LogP contribution in [0.25, 0.3) is 0 Å². The second-order valence-corrected chi connectivity index (χ2v) is 8.41. The molecular formula is C22H22N2O3S. The van der Waals surface area contributed by atoms with Crippen LogP contribution in [0.1, 0.15) is 35.7 Å². The first-order chi connectivity index (χ1) is 13.3. The highest BCUT2D eigenvalue weighted by atomic mass is 32.2. The molecule has 0 bridgehead atoms. The van der Waals surface area contributed by atoms with Gasteiger partial charge in [-0.1, -0.05) is 44.2 Å². The predicted octanol–water partition coefficient (Wildman–Crippen LogP) is 4.86. The van der Waals surface area contributed by atoms with Gasteiger partial charge in [-0.05, 0) is 60.0 Å². The first-order valence-electron chi connectivity index (χ1n) is 8.94. The van der Waals surface area contributed by atoms with Gasteiger partial charge in [0.2, 0.25) is 0 Å². The predicted molar refractivity (Wildman–Crippen MR) is 112 cm³/mol. The Kier molecular flexibility index (Phi) is 5.80. The van der Waals surface area contributed by atoms with Crippen molar-refractivity contribution >= 4 is 27.3 Å². The molecular weight excluding hydrogens is 372 g/mol. The molecule has 1 amide bonds. The summed E-state index contributed by atoms with van der Waals surface area (Å²) in [6.45, 7) is 4.16. The van der Waals surface area contributed by atoms with E-state index in [-0.39, 0.29) is 10.8 Å². The number of sulfonamides is 1. The van der Waals surface area contributed by atoms with Gasteiger partial charge in [-0.2, -0.15) is 0 Å². The van der Waals surface area contributed by atoms with Crippen LogP contribution in [0.3, 0.4) is 0 Å². The van der Waals surface area contributed by atoms with Crippen LogP contribution in [0, 0.1) is 0 Å². The van der Waals surface area contributed by atoms with E-state index >= 15 is 0 Å². The van der Waals surface area contributed by atoms with Crippen LogP contribution in [0.4, 0.5) is 11.4 Å². The maximum absolute atomic E-state index is 12.6. The van der Waals surface area contributed by atoms with Crippen molar-refractivity contribution < 1.29 is 13.2 Å². The molecule has 3 rings (SSSR count). The fourth-order valence-corrected chi connectivity index (χ4v) is 3.72. The smallest absolute Gasteiger partial charge is 0.261 e. The average Bonchev–Trinajstić information content (AvgIpc) is 2.69. The topological polar surface area (TPSA) is 75.3 Å². The molecule has 2 N–H and O–H groups in total. The van der Waals surface area contributed by atoms with E-state index in [1.807, 2.05) is 30.3 Å². The number of anilines is 2. The van der Waals surface area contributed by atoms with Crippen molar-refractivity contribution in [1.29, 1.82) is 0 Å². The Morgan fingerprint density at radius 1 is 0.786 bits per heavy atom. The number of carbonyl (C=O) groups excluding carboxylic acids is 1. The fraction of sp³-hybridized carbons (Fsp3) is 0.136. The lowest BCUT2D eigenvalue weighted by atomic mass is 10.0. The van der Waals surface area contributed by atoms with Gasteiger partial charge in [-0.25, -0.2) is 8.42 Å². The number of hydrogen-bond acceptors (Lipinski definition) is 3. The highest BCUT2D eigenvalue weighted by Gasteiger charge is 2.15. The lowest BCUT2D eigenvalue weighted by molar-refractivity contribution is 0.102. The summed E-state index contributed by atoms with van der Waals surface area (Å²) in [5.41, 5.74) is 2.69. The molecule has 6 heteroatoms. The third kappa shape index (κ3) is 4.78. The number of hydrogen-bond donors (Lipinski definition) is 2. The van der Waals surface area contributed by atoms with E-state index in [2.05, 4.69) is 23.9 Å². The Morgan fingerprint density at radius 3 is 1.96 bits per heavy atom. The van der Waals surface area contributed by atoms with E-state index in [0.29, 0.717) is 22.9 Å². The largest absolute Gasteiger partial charge is 0.322 e. The van der Waals surface area contributed by atoms with Crippen LogP contribution >= 0.6 is 0 Å². The van der Waals surface area contributed by atoms with E-state index in [9.17, 15) is 13.2 Å². The van der Waals surface area contributed by atoms with Crippen LogP contribution in [0.5, 0.6) is 0 Å². The normalized spacial score (nSPS) is 11.2. The molecule has 0 saturated heterocycles. The van der Waals surface area contributed by atoms with Gasteiger partial charge < -0.3 is 5.32 Å². The fourth-order valence-electron chi connectivity index (χ4n) is 2.66. The molecule has 0 spiro atoms. The van der Waals surface area contributed by atoms with Crippen LogP contribution in [0.2, 0.25) is 0 Å². The molecule has 0 saturated carbocycles. The van der Waals surface area contributed by atoms with E-state index in [1.54, 1.807) is 24.3 Å². The maximum Gasteiger partial charge on any atom is 0.261 e. The van der Waals surface area contributed by atoms with E-state index < -0.39 is 10.0 Å². The molecule has 5 nitrogen and oxygen atoms in total. The zero-order valence-corrected chi connectivity index (χ0v) is 16.5. The molecule has 0 aliphatic carbocycles. The summed E-state index contributed by atoms with van der Waals surface area (Å²) < 4.78 is 27.7. The Balaban J connectivity index is 1.71. The minimum atomic E-state index is -3.73. The van der Waals surface area contributed by atoms with Crippen LogP contribution in [-0.4, -0.2) is 14.3 Å². The number of carbonyl (C=O) groups is 1. The third-order valence-electron chi connectivity index (χ3n) is 4.29. The van der Waals surface area contributed by atoms with Crippen LogP contribution in [0.15, 0.2) is 83.8 Å². The van der Waals surface area contributed by atoms with Gasteiger partial charge in [0.25, 0.3) is 15.9 Å². The van der Waals surface area contributed by atoms with Crippen LogP contribution < -0.4 is 10.0 Å². The summed E-state index contributed by atoms with van der Waals surface area (Å²) >= 11 is 0. The van der Waals surface area contributed by atoms with E-state index in [0.717, 1.165) is 5.56 Å². The average molecular weight is 394 g/mol. The molecule has 0 aromatic heterocycles. The third-order valence-corrected chi connectivity index (χ3v) is 5.69. The Bertz CT molecular complexity index is 1040. The first-order valence-corrected chi connectivity index (χ1v) is 10.4. The monoisotopic (exact) mass is 394 g/mol. The summed E-state index contributed by atoms with van der Waals surface area (Å²) in [5.74, 6) is 0.0765. The summed E-state index contributed by atoms with van der Waals surface area (Å²) in [6.07, 6.45) is 0. The Hall–Kier alpha value is -3.12. The van der Waals surface area contributed by atoms with Crippen molar-refractivity contribution in [2.24, 2.45) is 0 Å². The Morgan fingerprint density at radius 2 is 1.39 bits per heavy atom. The molecule has 0 atom stereocenters. The van der Waals surface area contributed by atoms with Crippen molar-refractivity contribution in [2.75, 3.05) is 10.0 Å². The molecule has 3 aromatic carbocycles. The second-order valence-electron chi connectivity index (χ2n) is 6.73. The van der Waals surface area contributed by atoms with E-state index in [1.165, 1.54) is 24.3 Å². The molecule has 0 heterocycles. The number of amides is 1. The number of para-hydroxylation sites is 1. The van der Waals surface area contributed by atoms with Gasteiger partial charge in [-0.15, -0.1) is 0 Å². The Labute approximate surface area is 165 Å². The minimum Gasteiger partial charge on any atom is -0.322 e. The molecule has 28 heavy (non-hydrogen) atoms. The highest BCUT2D eigenvalue weighted by molar-refractivity contribution is 7.92. The molecule has 0 aliphatic heterocycles. The lowest BCUT2D eigenvalue weighted by Crippen LogP contribution is -2.14. The van der Waals surface area contributed by atoms with E-state index in [4.69, 9.17) is 0 Å². The van der Waals surface area contributed by atoms with Crippen molar-refractivity contribution in [3.8, 4) is 0 Å². The summed E-state index contributed by atoms with van der Waals surface area (Å²) in [6, 6.07) is 22.2. The van der Waals surface area contributed by atoms with Crippen molar-refractivity contribution in [1.82, 2.24) is 0 Å². The van der Waals surface area contributed by atoms with Crippen molar-refractivity contribution in [2.45, 2.75) is 24.7 Å². The molecule has 0 fully saturated rings. The molecule has 0 unspecified atom stereocenters. The first kappa shape index (κ1) is 19.6. The van der Waals surface area contributed by atoms with Gasteiger partial charge in [0.1, 0.15) is 0 Å². The quantitative estimate of drug-likeness (QED) is 0.627. The second kappa shape index (κ2) is 8.27. The van der Waals surface area contributed by atoms with Gasteiger partial charge in [0, 0.05) is 16.9 Å². The number of nitrogens with one attached hydrogen (secondary N) is 2. The standard InChI is InChI=1S/C22H22N2O3S/c1-16(2)17-8-12-20(13-9-17)24-28(26,27)21-14-10-18(11-15-21)22(25)23-19-6-4-3-5-7-19/h3-16,24H,1-2H3,(H,23,25). The maximum atomic E-state index is 12.6. The van der Waals surface area contributed by atoms with Gasteiger partial charge in [0.15, 0.2) is 0 Å². The summed E-state index contributed by atoms with van der Waals surface area (Å²) in [4.78, 5) is 12.4. The molecule has 3 aromatic rings.